The van der Waals surface area contributed by atoms with Crippen molar-refractivity contribution in [2.75, 3.05) is 42.9 Å². The lowest BCUT2D eigenvalue weighted by Gasteiger charge is -2.52. The Balaban J connectivity index is 0.782. The van der Waals surface area contributed by atoms with Crippen molar-refractivity contribution in [2.45, 2.75) is 107 Å². The number of carbonyl (C=O) groups is 2. The van der Waals surface area contributed by atoms with Gasteiger partial charge >= 0.3 is 5.69 Å². The summed E-state index contributed by atoms with van der Waals surface area (Å²) in [4.78, 5) is 64.5. The zero-order chi connectivity index (χ0) is 46.3. The minimum atomic E-state index is -3.57. The molecule has 6 heterocycles. The first-order valence-corrected chi connectivity index (χ1v) is 24.3. The second-order valence-corrected chi connectivity index (χ2v) is 22.0. The molecule has 0 bridgehead atoms. The molecule has 5 aromatic rings. The number of benzene rings is 2. The molecule has 2 atom stereocenters. The topological polar surface area (TPSA) is 194 Å². The number of aliphatic hydroxyl groups is 1. The maximum Gasteiger partial charge on any atom is 0.329 e. The molecule has 19 heteroatoms. The van der Waals surface area contributed by atoms with Crippen LogP contribution in [-0.2, 0) is 26.5 Å². The van der Waals surface area contributed by atoms with Gasteiger partial charge in [0.2, 0.25) is 17.8 Å². The maximum atomic E-state index is 16.2. The van der Waals surface area contributed by atoms with Crippen LogP contribution in [0.25, 0.3) is 22.1 Å². The van der Waals surface area contributed by atoms with E-state index in [9.17, 15) is 32.7 Å². The minimum Gasteiger partial charge on any atom is -0.388 e. The van der Waals surface area contributed by atoms with E-state index in [0.29, 0.717) is 65.3 Å². The molecule has 0 radical (unpaired) electrons. The summed E-state index contributed by atoms with van der Waals surface area (Å²) in [6.07, 6.45) is 6.78. The van der Waals surface area contributed by atoms with E-state index in [0.717, 1.165) is 45.3 Å². The van der Waals surface area contributed by atoms with Crippen molar-refractivity contribution in [3.05, 3.63) is 79.8 Å². The number of aromatic nitrogens is 5. The zero-order valence-electron chi connectivity index (χ0n) is 37.2. The van der Waals surface area contributed by atoms with E-state index in [2.05, 4.69) is 25.5 Å². The normalized spacial score (nSPS) is 20.7. The molecular weight excluding hydrogens is 877 g/mol. The van der Waals surface area contributed by atoms with Gasteiger partial charge in [0.05, 0.1) is 33.0 Å². The Morgan fingerprint density at radius 3 is 2.40 bits per heavy atom. The molecule has 4 aliphatic rings. The zero-order valence-corrected chi connectivity index (χ0v) is 38.8. The molecule has 2 aromatic carbocycles. The summed E-state index contributed by atoms with van der Waals surface area (Å²) in [5.74, 6) is -0.791. The van der Waals surface area contributed by atoms with Gasteiger partial charge in [0.15, 0.2) is 15.7 Å². The summed E-state index contributed by atoms with van der Waals surface area (Å²) in [5, 5.41) is 16.2. The smallest absolute Gasteiger partial charge is 0.329 e. The van der Waals surface area contributed by atoms with Crippen LogP contribution in [0.1, 0.15) is 89.8 Å². The van der Waals surface area contributed by atoms with Crippen LogP contribution in [0.4, 0.5) is 21.7 Å². The van der Waals surface area contributed by atoms with E-state index in [1.807, 2.05) is 11.8 Å². The summed E-state index contributed by atoms with van der Waals surface area (Å²) < 4.78 is 48.0. The number of sulfone groups is 1. The predicted molar refractivity (Wildman–Crippen MR) is 246 cm³/mol. The molecule has 3 aliphatic heterocycles. The standard InChI is InChI=1S/C46H55ClFN9O7S/c1-26-20-30(6-7-33(26)50-43-49-24-29-21-32(47)42(60)56(40(29)52-43)27(2)45(3,4)62)65(63,64)31-22-46(23-31)14-18-54(19-15-46)25-28-12-16-55(17-13-28)34-8-9-35-39(38(34)48)53(5)44(61)57(35)36-10-11-37(58)51-41(36)59/h6-9,20-21,24,27-28,31,36,62H,10-19,22-23,25H2,1-5H3,(H,49,50,52)(H,51,58,59). The van der Waals surface area contributed by atoms with Crippen LogP contribution >= 0.6 is 11.6 Å². The van der Waals surface area contributed by atoms with Gasteiger partial charge < -0.3 is 20.2 Å². The Morgan fingerprint density at radius 2 is 1.74 bits per heavy atom. The van der Waals surface area contributed by atoms with Crippen molar-refractivity contribution in [3.8, 4) is 0 Å². The largest absolute Gasteiger partial charge is 0.388 e. The number of likely N-dealkylation sites (tertiary alicyclic amines) is 1. The van der Waals surface area contributed by atoms with Gasteiger partial charge in [-0.2, -0.15) is 4.98 Å². The Labute approximate surface area is 380 Å². The molecule has 4 fully saturated rings. The fraction of sp³-hybridized carbons (Fsp3) is 0.522. The van der Waals surface area contributed by atoms with Gasteiger partial charge in [-0.05, 0) is 139 Å². The van der Waals surface area contributed by atoms with E-state index in [1.54, 1.807) is 57.3 Å². The Kier molecular flexibility index (Phi) is 11.5. The van der Waals surface area contributed by atoms with Gasteiger partial charge in [-0.25, -0.2) is 22.6 Å². The number of anilines is 3. The monoisotopic (exact) mass is 931 g/mol. The quantitative estimate of drug-likeness (QED) is 0.149. The average Bonchev–Trinajstić information content (AvgIpc) is 3.50. The van der Waals surface area contributed by atoms with Gasteiger partial charge in [0, 0.05) is 50.4 Å². The Morgan fingerprint density at radius 1 is 1.03 bits per heavy atom. The number of imidazole rings is 1. The van der Waals surface area contributed by atoms with Crippen LogP contribution in [0.5, 0.6) is 0 Å². The first kappa shape index (κ1) is 45.0. The summed E-state index contributed by atoms with van der Waals surface area (Å²) in [6.45, 7) is 10.8. The molecule has 1 spiro atoms. The Hall–Kier alpha value is -5.17. The third kappa shape index (κ3) is 8.13. The second kappa shape index (κ2) is 16.6. The van der Waals surface area contributed by atoms with Crippen LogP contribution < -0.4 is 26.8 Å². The average molecular weight is 933 g/mol. The van der Waals surface area contributed by atoms with Crippen molar-refractivity contribution < 1.29 is 27.5 Å². The highest BCUT2D eigenvalue weighted by atomic mass is 35.5. The van der Waals surface area contributed by atoms with Crippen molar-refractivity contribution in [2.24, 2.45) is 18.4 Å². The lowest BCUT2D eigenvalue weighted by molar-refractivity contribution is -0.135. The number of imide groups is 1. The van der Waals surface area contributed by atoms with Crippen LogP contribution in [0.15, 0.2) is 57.1 Å². The van der Waals surface area contributed by atoms with Crippen LogP contribution in [0.3, 0.4) is 0 Å². The van der Waals surface area contributed by atoms with Gasteiger partial charge in [-0.3, -0.25) is 33.4 Å². The summed E-state index contributed by atoms with van der Waals surface area (Å²) >= 11 is 6.24. The summed E-state index contributed by atoms with van der Waals surface area (Å²) in [6, 6.07) is 8.36. The van der Waals surface area contributed by atoms with Crippen molar-refractivity contribution >= 4 is 72.6 Å². The van der Waals surface area contributed by atoms with Crippen molar-refractivity contribution in [1.82, 2.24) is 33.9 Å². The highest BCUT2D eigenvalue weighted by molar-refractivity contribution is 7.92. The fourth-order valence-corrected chi connectivity index (χ4v) is 12.8. The molecule has 3 saturated heterocycles. The number of pyridine rings is 1. The molecule has 2 unspecified atom stereocenters. The molecule has 3 N–H and O–H groups in total. The van der Waals surface area contributed by atoms with Gasteiger partial charge in [-0.15, -0.1) is 0 Å². The number of fused-ring (bicyclic) bond motifs is 2. The number of rotatable bonds is 10. The number of halogens is 2. The lowest BCUT2D eigenvalue weighted by atomic mass is 9.63. The van der Waals surface area contributed by atoms with E-state index in [4.69, 9.17) is 11.6 Å². The third-order valence-corrected chi connectivity index (χ3v) is 17.1. The molecule has 16 nitrogen and oxygen atoms in total. The maximum absolute atomic E-state index is 16.2. The second-order valence-electron chi connectivity index (χ2n) is 19.3. The van der Waals surface area contributed by atoms with E-state index < -0.39 is 55.7 Å². The lowest BCUT2D eigenvalue weighted by Crippen LogP contribution is -2.52. The predicted octanol–water partition coefficient (Wildman–Crippen LogP) is 5.53. The molecule has 2 amide bonds. The van der Waals surface area contributed by atoms with Gasteiger partial charge in [-0.1, -0.05) is 11.6 Å². The van der Waals surface area contributed by atoms with Crippen molar-refractivity contribution in [1.29, 1.82) is 0 Å². The summed E-state index contributed by atoms with van der Waals surface area (Å²) in [7, 11) is -2.07. The van der Waals surface area contributed by atoms with Gasteiger partial charge in [0.25, 0.3) is 5.56 Å². The highest BCUT2D eigenvalue weighted by Crippen LogP contribution is 2.53. The van der Waals surface area contributed by atoms with Crippen LogP contribution in [-0.4, -0.2) is 97.5 Å². The molecule has 1 saturated carbocycles. The number of amides is 2. The minimum absolute atomic E-state index is 0.00820. The van der Waals surface area contributed by atoms with E-state index in [-0.39, 0.29) is 45.5 Å². The van der Waals surface area contributed by atoms with E-state index >= 15 is 4.39 Å². The summed E-state index contributed by atoms with van der Waals surface area (Å²) in [5.41, 5.74) is 0.308. The third-order valence-electron chi connectivity index (χ3n) is 14.7. The molecule has 3 aromatic heterocycles. The molecule has 65 heavy (non-hydrogen) atoms. The molecule has 1 aliphatic carbocycles. The number of piperidine rings is 3. The highest BCUT2D eigenvalue weighted by Gasteiger charge is 2.51. The van der Waals surface area contributed by atoms with Gasteiger partial charge in [0.1, 0.15) is 22.2 Å². The molecule has 9 rings (SSSR count). The van der Waals surface area contributed by atoms with Crippen LogP contribution in [0, 0.1) is 24.1 Å². The number of hydrogen-bond acceptors (Lipinski definition) is 12. The number of nitrogens with zero attached hydrogens (tertiary/aromatic N) is 7. The number of nitrogens with one attached hydrogen (secondary N) is 2. The van der Waals surface area contributed by atoms with Crippen LogP contribution in [0.2, 0.25) is 5.02 Å². The number of hydrogen-bond donors (Lipinski definition) is 3. The fourth-order valence-electron chi connectivity index (χ4n) is 10.4. The Bertz CT molecular complexity index is 2970. The van der Waals surface area contributed by atoms with Crippen molar-refractivity contribution in [3.63, 3.8) is 0 Å². The van der Waals surface area contributed by atoms with E-state index in [1.165, 1.54) is 26.8 Å². The first-order valence-electron chi connectivity index (χ1n) is 22.4. The first-order chi connectivity index (χ1) is 30.7. The molecular formula is C46H55ClFN9O7S. The number of aryl methyl sites for hydroxylation is 2. The SMILES string of the molecule is Cc1cc(S(=O)(=O)C2CC3(CCN(CC4CCN(c5ccc6c(c5F)n(C)c(=O)n6C5CCC(=O)NC5=O)CC4)CC3)C2)ccc1Nc1ncc2cc(Cl)c(=O)n(C(C)C(C)(C)O)c2n1. The number of carbonyl (C=O) groups excluding carboxylic acids is 2. The molecule has 346 valence electrons.